The van der Waals surface area contributed by atoms with E-state index in [1.807, 2.05) is 48.6 Å². The van der Waals surface area contributed by atoms with Gasteiger partial charge in [-0.1, -0.05) is 6.07 Å². The van der Waals surface area contributed by atoms with Crippen molar-refractivity contribution in [3.8, 4) is 0 Å². The van der Waals surface area contributed by atoms with E-state index >= 15 is 0 Å². The number of nitrogens with one attached hydrogen (secondary N) is 2. The summed E-state index contributed by atoms with van der Waals surface area (Å²) in [6, 6.07) is 10.9. The second-order valence-electron chi connectivity index (χ2n) is 5.47. The first kappa shape index (κ1) is 18.0. The topological polar surface area (TPSA) is 81.7 Å². The number of aliphatic hydroxyl groups excluding tert-OH is 1. The second kappa shape index (κ2) is 8.47. The number of hydrogen-bond donors (Lipinski definition) is 3. The van der Waals surface area contributed by atoms with Gasteiger partial charge in [-0.25, -0.2) is 0 Å². The van der Waals surface area contributed by atoms with Crippen molar-refractivity contribution < 1.29 is 14.7 Å². The Labute approximate surface area is 145 Å². The largest absolute Gasteiger partial charge is 0.388 e. The molecule has 24 heavy (non-hydrogen) atoms. The van der Waals surface area contributed by atoms with Gasteiger partial charge in [-0.05, 0) is 42.1 Å². The van der Waals surface area contributed by atoms with E-state index in [2.05, 4.69) is 10.6 Å². The Kier molecular flexibility index (Phi) is 6.34. The minimum Gasteiger partial charge on any atom is -0.388 e. The Morgan fingerprint density at radius 3 is 2.46 bits per heavy atom. The molecule has 1 aromatic carbocycles. The standard InChI is InChI=1S/C17H21N3O3S/c1-20(2)13-7-5-12(6-8-13)19-17(23)16(22)18-10-9-14(21)15-4-3-11-24-15/h3-8,11,14,21H,9-10H2,1-2H3,(H,18,22)(H,19,23). The first-order valence-electron chi connectivity index (χ1n) is 7.55. The summed E-state index contributed by atoms with van der Waals surface area (Å²) in [6.07, 6.45) is -0.274. The molecule has 1 heterocycles. The minimum absolute atomic E-state index is 0.227. The van der Waals surface area contributed by atoms with Crippen LogP contribution in [0.2, 0.25) is 0 Å². The number of aliphatic hydroxyl groups is 1. The molecule has 0 aliphatic rings. The van der Waals surface area contributed by atoms with Crippen LogP contribution in [0, 0.1) is 0 Å². The maximum absolute atomic E-state index is 11.8. The normalized spacial score (nSPS) is 11.6. The van der Waals surface area contributed by atoms with Gasteiger partial charge in [0.25, 0.3) is 0 Å². The Bertz CT molecular complexity index is 669. The quantitative estimate of drug-likeness (QED) is 0.698. The molecule has 6 nitrogen and oxygen atoms in total. The van der Waals surface area contributed by atoms with Crippen LogP contribution in [0.3, 0.4) is 0 Å². The third kappa shape index (κ3) is 5.07. The number of thiophene rings is 1. The lowest BCUT2D eigenvalue weighted by atomic mass is 10.2. The summed E-state index contributed by atoms with van der Waals surface area (Å²) in [7, 11) is 3.84. The Hall–Kier alpha value is -2.38. The average Bonchev–Trinajstić information content (AvgIpc) is 3.09. The van der Waals surface area contributed by atoms with Gasteiger partial charge < -0.3 is 20.6 Å². The fraction of sp³-hybridized carbons (Fsp3) is 0.294. The lowest BCUT2D eigenvalue weighted by molar-refractivity contribution is -0.136. The van der Waals surface area contributed by atoms with Crippen LogP contribution in [0.5, 0.6) is 0 Å². The van der Waals surface area contributed by atoms with E-state index in [1.165, 1.54) is 11.3 Å². The highest BCUT2D eigenvalue weighted by Gasteiger charge is 2.15. The van der Waals surface area contributed by atoms with Gasteiger partial charge in [0.2, 0.25) is 0 Å². The number of benzene rings is 1. The van der Waals surface area contributed by atoms with Gasteiger partial charge in [0, 0.05) is 36.9 Å². The van der Waals surface area contributed by atoms with Crippen molar-refractivity contribution in [2.45, 2.75) is 12.5 Å². The molecule has 0 radical (unpaired) electrons. The van der Waals surface area contributed by atoms with Crippen molar-refractivity contribution >= 4 is 34.5 Å². The van der Waals surface area contributed by atoms with Gasteiger partial charge in [0.15, 0.2) is 0 Å². The SMILES string of the molecule is CN(C)c1ccc(NC(=O)C(=O)NCCC(O)c2cccs2)cc1. The zero-order valence-corrected chi connectivity index (χ0v) is 14.5. The third-order valence-electron chi connectivity index (χ3n) is 3.42. The minimum atomic E-state index is -0.724. The van der Waals surface area contributed by atoms with Crippen molar-refractivity contribution in [3.63, 3.8) is 0 Å². The Balaban J connectivity index is 1.76. The Morgan fingerprint density at radius 2 is 1.88 bits per heavy atom. The summed E-state index contributed by atoms with van der Waals surface area (Å²) in [5.74, 6) is -1.44. The molecule has 2 amide bonds. The van der Waals surface area contributed by atoms with Crippen molar-refractivity contribution in [3.05, 3.63) is 46.7 Å². The predicted molar refractivity (Wildman–Crippen MR) is 96.3 cm³/mol. The van der Waals surface area contributed by atoms with E-state index in [0.29, 0.717) is 12.1 Å². The second-order valence-corrected chi connectivity index (χ2v) is 6.45. The number of hydrogen-bond acceptors (Lipinski definition) is 5. The van der Waals surface area contributed by atoms with E-state index in [9.17, 15) is 14.7 Å². The van der Waals surface area contributed by atoms with E-state index in [-0.39, 0.29) is 6.54 Å². The van der Waals surface area contributed by atoms with Crippen LogP contribution in [0.15, 0.2) is 41.8 Å². The van der Waals surface area contributed by atoms with Gasteiger partial charge in [0.1, 0.15) is 0 Å². The highest BCUT2D eigenvalue weighted by atomic mass is 32.1. The molecule has 0 fully saturated rings. The highest BCUT2D eigenvalue weighted by molar-refractivity contribution is 7.10. The maximum atomic E-state index is 11.8. The van der Waals surface area contributed by atoms with Crippen LogP contribution in [-0.4, -0.2) is 37.6 Å². The monoisotopic (exact) mass is 347 g/mol. The summed E-state index contributed by atoms with van der Waals surface area (Å²) < 4.78 is 0. The third-order valence-corrected chi connectivity index (χ3v) is 4.40. The van der Waals surface area contributed by atoms with Crippen molar-refractivity contribution in [2.75, 3.05) is 30.9 Å². The molecule has 1 aromatic heterocycles. The molecule has 0 aliphatic heterocycles. The van der Waals surface area contributed by atoms with E-state index in [0.717, 1.165) is 10.6 Å². The van der Waals surface area contributed by atoms with E-state index in [4.69, 9.17) is 0 Å². The van der Waals surface area contributed by atoms with Crippen molar-refractivity contribution in [1.82, 2.24) is 5.32 Å². The van der Waals surface area contributed by atoms with Gasteiger partial charge in [-0.2, -0.15) is 0 Å². The molecule has 128 valence electrons. The molecule has 1 unspecified atom stereocenters. The van der Waals surface area contributed by atoms with Gasteiger partial charge in [-0.15, -0.1) is 11.3 Å². The fourth-order valence-corrected chi connectivity index (χ4v) is 2.80. The molecule has 7 heteroatoms. The summed E-state index contributed by atoms with van der Waals surface area (Å²) in [5.41, 5.74) is 1.55. The van der Waals surface area contributed by atoms with E-state index in [1.54, 1.807) is 12.1 Å². The summed E-state index contributed by atoms with van der Waals surface area (Å²) in [4.78, 5) is 26.4. The number of carbonyl (C=O) groups excluding carboxylic acids is 2. The van der Waals surface area contributed by atoms with Crippen LogP contribution in [0.4, 0.5) is 11.4 Å². The van der Waals surface area contributed by atoms with Crippen LogP contribution < -0.4 is 15.5 Å². The molecule has 0 spiro atoms. The van der Waals surface area contributed by atoms with Gasteiger partial charge >= 0.3 is 11.8 Å². The molecular formula is C17H21N3O3S. The molecule has 0 saturated carbocycles. The molecule has 1 atom stereocenters. The number of rotatable bonds is 6. The number of carbonyl (C=O) groups is 2. The molecule has 0 aliphatic carbocycles. The first-order valence-corrected chi connectivity index (χ1v) is 8.43. The van der Waals surface area contributed by atoms with Crippen LogP contribution in [0.1, 0.15) is 17.4 Å². The van der Waals surface area contributed by atoms with Crippen molar-refractivity contribution in [1.29, 1.82) is 0 Å². The highest BCUT2D eigenvalue weighted by Crippen LogP contribution is 2.21. The molecule has 2 rings (SSSR count). The summed E-state index contributed by atoms with van der Waals surface area (Å²) in [5, 5.41) is 16.9. The Morgan fingerprint density at radius 1 is 1.17 bits per heavy atom. The maximum Gasteiger partial charge on any atom is 0.313 e. The fourth-order valence-electron chi connectivity index (χ4n) is 2.06. The predicted octanol–water partition coefficient (Wildman–Crippen LogP) is 1.99. The van der Waals surface area contributed by atoms with Crippen LogP contribution in [0.25, 0.3) is 0 Å². The molecule has 3 N–H and O–H groups in total. The first-order chi connectivity index (χ1) is 11.5. The molecule has 0 bridgehead atoms. The van der Waals surface area contributed by atoms with Crippen molar-refractivity contribution in [2.24, 2.45) is 0 Å². The number of nitrogens with zero attached hydrogens (tertiary/aromatic N) is 1. The summed E-state index contributed by atoms with van der Waals surface area (Å²) in [6.45, 7) is 0.227. The molecular weight excluding hydrogens is 326 g/mol. The smallest absolute Gasteiger partial charge is 0.313 e. The number of anilines is 2. The van der Waals surface area contributed by atoms with Gasteiger partial charge in [0.05, 0.1) is 6.10 Å². The zero-order valence-electron chi connectivity index (χ0n) is 13.7. The lowest BCUT2D eigenvalue weighted by Crippen LogP contribution is -2.36. The summed E-state index contributed by atoms with van der Waals surface area (Å²) >= 11 is 1.46. The molecule has 0 saturated heterocycles. The lowest BCUT2D eigenvalue weighted by Gasteiger charge is -2.13. The average molecular weight is 347 g/mol. The van der Waals surface area contributed by atoms with Crippen LogP contribution >= 0.6 is 11.3 Å². The zero-order chi connectivity index (χ0) is 17.5. The molecule has 2 aromatic rings. The van der Waals surface area contributed by atoms with Crippen LogP contribution in [-0.2, 0) is 9.59 Å². The van der Waals surface area contributed by atoms with Gasteiger partial charge in [-0.3, -0.25) is 9.59 Å². The number of amides is 2. The van der Waals surface area contributed by atoms with E-state index < -0.39 is 17.9 Å².